The van der Waals surface area contributed by atoms with Crippen molar-refractivity contribution in [2.45, 2.75) is 11.7 Å². The summed E-state index contributed by atoms with van der Waals surface area (Å²) in [6.45, 7) is 3.98. The Bertz CT molecular complexity index is 1120. The highest BCUT2D eigenvalue weighted by Crippen LogP contribution is 2.26. The molecule has 7 heteroatoms. The number of fused-ring (bicyclic) bond motifs is 2. The van der Waals surface area contributed by atoms with Gasteiger partial charge in [-0.25, -0.2) is 4.98 Å². The molecule has 3 aromatic rings. The Morgan fingerprint density at radius 1 is 0.963 bits per heavy atom. The number of aromatic nitrogens is 2. The van der Waals surface area contributed by atoms with Crippen molar-refractivity contribution in [3.63, 3.8) is 0 Å². The van der Waals surface area contributed by atoms with E-state index < -0.39 is 0 Å². The molecule has 0 spiro atoms. The van der Waals surface area contributed by atoms with Crippen LogP contribution < -0.4 is 5.56 Å². The second kappa shape index (κ2) is 6.85. The molecule has 0 unspecified atom stereocenters. The summed E-state index contributed by atoms with van der Waals surface area (Å²) in [6, 6.07) is 13.8. The number of carbonyl (C=O) groups excluding carboxylic acids is 2. The Hall–Kier alpha value is -3.19. The van der Waals surface area contributed by atoms with E-state index in [9.17, 15) is 14.4 Å². The van der Waals surface area contributed by atoms with Crippen molar-refractivity contribution >= 4 is 34.5 Å². The average molecular weight is 377 g/mol. The molecule has 1 aromatic heterocycles. The zero-order valence-corrected chi connectivity index (χ0v) is 15.1. The maximum absolute atomic E-state index is 12.8. The summed E-state index contributed by atoms with van der Waals surface area (Å²) in [5, 5.41) is 0.958. The van der Waals surface area contributed by atoms with Crippen molar-refractivity contribution in [2.75, 3.05) is 5.88 Å². The molecule has 0 atom stereocenters. The molecule has 0 N–H and O–H groups in total. The lowest BCUT2D eigenvalue weighted by Crippen LogP contribution is -2.30. The maximum atomic E-state index is 12.8. The molecule has 0 saturated carbocycles. The van der Waals surface area contributed by atoms with Crippen molar-refractivity contribution in [2.24, 2.45) is 0 Å². The predicted molar refractivity (Wildman–Crippen MR) is 104 cm³/mol. The Balaban J connectivity index is 1.67. The first-order valence-corrected chi connectivity index (χ1v) is 9.29. The van der Waals surface area contributed by atoms with E-state index in [0.29, 0.717) is 33.7 Å². The third-order valence-electron chi connectivity index (χ3n) is 4.34. The lowest BCUT2D eigenvalue weighted by Gasteiger charge is -2.15. The van der Waals surface area contributed by atoms with Crippen LogP contribution in [0.3, 0.4) is 0 Å². The summed E-state index contributed by atoms with van der Waals surface area (Å²) >= 11 is 1.18. The molecule has 4 rings (SSSR count). The highest BCUT2D eigenvalue weighted by atomic mass is 32.2. The Kier molecular flexibility index (Phi) is 4.37. The molecule has 134 valence electrons. The molecule has 1 aliphatic heterocycles. The van der Waals surface area contributed by atoms with Gasteiger partial charge in [0, 0.05) is 6.54 Å². The van der Waals surface area contributed by atoms with Gasteiger partial charge in [0.2, 0.25) is 0 Å². The van der Waals surface area contributed by atoms with E-state index in [-0.39, 0.29) is 23.3 Å². The van der Waals surface area contributed by atoms with Crippen LogP contribution in [0.4, 0.5) is 0 Å². The number of amides is 2. The summed E-state index contributed by atoms with van der Waals surface area (Å²) in [4.78, 5) is 43.5. The van der Waals surface area contributed by atoms with E-state index in [1.165, 1.54) is 21.2 Å². The largest absolute Gasteiger partial charge is 0.283 e. The molecule has 0 radical (unpaired) electrons. The lowest BCUT2D eigenvalue weighted by atomic mass is 10.1. The van der Waals surface area contributed by atoms with Crippen molar-refractivity contribution < 1.29 is 9.59 Å². The van der Waals surface area contributed by atoms with E-state index in [2.05, 4.69) is 11.6 Å². The smallest absolute Gasteiger partial charge is 0.262 e. The summed E-state index contributed by atoms with van der Waals surface area (Å²) in [6.07, 6.45) is 1.62. The van der Waals surface area contributed by atoms with E-state index >= 15 is 0 Å². The Labute approximate surface area is 159 Å². The number of carbonyl (C=O) groups is 2. The number of imide groups is 1. The number of hydrogen-bond acceptors (Lipinski definition) is 5. The lowest BCUT2D eigenvalue weighted by molar-refractivity contribution is 0.0684. The third-order valence-corrected chi connectivity index (χ3v) is 5.30. The SMILES string of the molecule is C=CCn1c(SCN2C(=O)c3ccccc3C2=O)nc2ccccc2c1=O. The number of benzene rings is 2. The minimum absolute atomic E-state index is 0.0776. The molecule has 0 saturated heterocycles. The average Bonchev–Trinajstić information content (AvgIpc) is 2.93. The number of rotatable bonds is 5. The molecule has 0 fully saturated rings. The molecule has 1 aliphatic rings. The first-order chi connectivity index (χ1) is 13.1. The zero-order chi connectivity index (χ0) is 19.0. The highest BCUT2D eigenvalue weighted by molar-refractivity contribution is 7.99. The topological polar surface area (TPSA) is 72.3 Å². The number of para-hydroxylation sites is 1. The number of thioether (sulfide) groups is 1. The van der Waals surface area contributed by atoms with Crippen LogP contribution in [0.1, 0.15) is 20.7 Å². The Morgan fingerprint density at radius 2 is 1.59 bits per heavy atom. The fraction of sp³-hybridized carbons (Fsp3) is 0.100. The van der Waals surface area contributed by atoms with Crippen LogP contribution in [0, 0.1) is 0 Å². The van der Waals surface area contributed by atoms with Crippen LogP contribution in [0.2, 0.25) is 0 Å². The fourth-order valence-corrected chi connectivity index (χ4v) is 3.98. The van der Waals surface area contributed by atoms with E-state index in [0.717, 1.165) is 0 Å². The minimum atomic E-state index is -0.332. The number of nitrogens with zero attached hydrogens (tertiary/aromatic N) is 3. The van der Waals surface area contributed by atoms with Gasteiger partial charge in [-0.15, -0.1) is 6.58 Å². The normalized spacial score (nSPS) is 13.3. The van der Waals surface area contributed by atoms with Gasteiger partial charge in [0.15, 0.2) is 5.16 Å². The predicted octanol–water partition coefficient (Wildman–Crippen LogP) is 2.93. The second-order valence-corrected chi connectivity index (χ2v) is 6.89. The Morgan fingerprint density at radius 3 is 2.26 bits per heavy atom. The van der Waals surface area contributed by atoms with Crippen LogP contribution in [-0.4, -0.2) is 32.1 Å². The summed E-state index contributed by atoms with van der Waals surface area (Å²) < 4.78 is 1.50. The molecule has 27 heavy (non-hydrogen) atoms. The van der Waals surface area contributed by atoms with Crippen molar-refractivity contribution in [3.05, 3.63) is 82.7 Å². The fourth-order valence-electron chi connectivity index (χ4n) is 3.03. The van der Waals surface area contributed by atoms with Crippen LogP contribution in [0.25, 0.3) is 10.9 Å². The quantitative estimate of drug-likeness (QED) is 0.296. The van der Waals surface area contributed by atoms with Crippen LogP contribution >= 0.6 is 11.8 Å². The zero-order valence-electron chi connectivity index (χ0n) is 14.3. The third kappa shape index (κ3) is 2.86. The second-order valence-electron chi connectivity index (χ2n) is 5.97. The molecular weight excluding hydrogens is 362 g/mol. The molecular formula is C20H15N3O3S. The van der Waals surface area contributed by atoms with Crippen molar-refractivity contribution in [1.82, 2.24) is 14.5 Å². The van der Waals surface area contributed by atoms with E-state index in [1.54, 1.807) is 48.5 Å². The van der Waals surface area contributed by atoms with Gasteiger partial charge in [0.25, 0.3) is 17.4 Å². The molecule has 6 nitrogen and oxygen atoms in total. The first-order valence-electron chi connectivity index (χ1n) is 8.30. The van der Waals surface area contributed by atoms with E-state index in [1.807, 2.05) is 6.07 Å². The molecule has 0 bridgehead atoms. The van der Waals surface area contributed by atoms with Crippen LogP contribution in [0.5, 0.6) is 0 Å². The molecule has 0 aliphatic carbocycles. The standard InChI is InChI=1S/C20H15N3O3S/c1-2-11-22-19(26)15-9-5-6-10-16(15)21-20(22)27-12-23-17(24)13-7-3-4-8-14(13)18(23)25/h2-10H,1,11-12H2. The van der Waals surface area contributed by atoms with Crippen molar-refractivity contribution in [1.29, 1.82) is 0 Å². The van der Waals surface area contributed by atoms with Gasteiger partial charge in [-0.05, 0) is 24.3 Å². The minimum Gasteiger partial charge on any atom is -0.283 e. The summed E-state index contributed by atoms with van der Waals surface area (Å²) in [5.74, 6) is -0.586. The number of hydrogen-bond donors (Lipinski definition) is 0. The highest BCUT2D eigenvalue weighted by Gasteiger charge is 2.35. The van der Waals surface area contributed by atoms with Crippen molar-refractivity contribution in [3.8, 4) is 0 Å². The van der Waals surface area contributed by atoms with Gasteiger partial charge in [-0.2, -0.15) is 0 Å². The van der Waals surface area contributed by atoms with Gasteiger partial charge in [-0.1, -0.05) is 42.1 Å². The van der Waals surface area contributed by atoms with Gasteiger partial charge in [-0.3, -0.25) is 23.9 Å². The van der Waals surface area contributed by atoms with Crippen LogP contribution in [-0.2, 0) is 6.54 Å². The first kappa shape index (κ1) is 17.2. The van der Waals surface area contributed by atoms with Gasteiger partial charge < -0.3 is 0 Å². The molecule has 2 aromatic carbocycles. The van der Waals surface area contributed by atoms with Gasteiger partial charge in [0.05, 0.1) is 27.9 Å². The number of allylic oxidation sites excluding steroid dienone is 1. The van der Waals surface area contributed by atoms with Crippen LogP contribution in [0.15, 0.2) is 71.1 Å². The van der Waals surface area contributed by atoms with Gasteiger partial charge >= 0.3 is 0 Å². The van der Waals surface area contributed by atoms with E-state index in [4.69, 9.17) is 0 Å². The molecule has 2 amide bonds. The van der Waals surface area contributed by atoms with Gasteiger partial charge in [0.1, 0.15) is 0 Å². The maximum Gasteiger partial charge on any atom is 0.262 e. The summed E-state index contributed by atoms with van der Waals surface area (Å²) in [5.41, 5.74) is 1.20. The summed E-state index contributed by atoms with van der Waals surface area (Å²) in [7, 11) is 0. The monoisotopic (exact) mass is 377 g/mol. The molecule has 2 heterocycles.